The van der Waals surface area contributed by atoms with Crippen LogP contribution in [0.15, 0.2) is 160 Å². The van der Waals surface area contributed by atoms with Gasteiger partial charge in [-0.3, -0.25) is 0 Å². The van der Waals surface area contributed by atoms with Crippen molar-refractivity contribution in [1.82, 2.24) is 0 Å². The van der Waals surface area contributed by atoms with E-state index >= 15 is 0 Å². The van der Waals surface area contributed by atoms with Crippen LogP contribution in [-0.4, -0.2) is 0 Å². The maximum atomic E-state index is 6.60. The second kappa shape index (κ2) is 9.97. The Labute approximate surface area is 278 Å². The monoisotopic (exact) mass is 617 g/mol. The average molecular weight is 618 g/mol. The number of rotatable bonds is 4. The van der Waals surface area contributed by atoms with Crippen LogP contribution in [0.3, 0.4) is 0 Å². The zero-order valence-electron chi connectivity index (χ0n) is 26.7. The Morgan fingerprint density at radius 1 is 0.417 bits per heavy atom. The van der Waals surface area contributed by atoms with Gasteiger partial charge in [-0.25, -0.2) is 0 Å². The van der Waals surface area contributed by atoms with Gasteiger partial charge in [0.2, 0.25) is 0 Å². The summed E-state index contributed by atoms with van der Waals surface area (Å²) in [6, 6.07) is 54.0. The van der Waals surface area contributed by atoms with Crippen molar-refractivity contribution >= 4 is 60.9 Å². The molecule has 228 valence electrons. The minimum absolute atomic E-state index is 0.105. The van der Waals surface area contributed by atoms with Crippen LogP contribution < -0.4 is 4.90 Å². The van der Waals surface area contributed by atoms with Gasteiger partial charge in [-0.05, 0) is 88.0 Å². The number of hydrogen-bond acceptors (Lipinski definition) is 3. The molecule has 0 aliphatic heterocycles. The van der Waals surface area contributed by atoms with Gasteiger partial charge in [0.05, 0.1) is 0 Å². The van der Waals surface area contributed by atoms with Crippen LogP contribution in [0.1, 0.15) is 25.0 Å². The van der Waals surface area contributed by atoms with E-state index in [0.717, 1.165) is 60.9 Å². The quantitative estimate of drug-likeness (QED) is 0.197. The fraction of sp³-hybridized carbons (Fsp3) is 0.0667. The van der Waals surface area contributed by atoms with Crippen LogP contribution in [0.25, 0.3) is 66.1 Å². The number of hydrogen-bond donors (Lipinski definition) is 0. The summed E-state index contributed by atoms with van der Waals surface area (Å²) in [4.78, 5) is 2.35. The molecule has 3 nitrogen and oxygen atoms in total. The molecule has 1 aliphatic rings. The molecular formula is C45H31NO2. The minimum Gasteiger partial charge on any atom is -0.456 e. The Bertz CT molecular complexity index is 2690. The van der Waals surface area contributed by atoms with Gasteiger partial charge in [-0.2, -0.15) is 0 Å². The normalized spacial score (nSPS) is 13.4. The number of furan rings is 2. The van der Waals surface area contributed by atoms with Gasteiger partial charge >= 0.3 is 0 Å². The van der Waals surface area contributed by atoms with Gasteiger partial charge in [0.1, 0.15) is 22.3 Å². The van der Waals surface area contributed by atoms with Crippen molar-refractivity contribution in [1.29, 1.82) is 0 Å². The highest BCUT2D eigenvalue weighted by Crippen LogP contribution is 2.51. The topological polar surface area (TPSA) is 29.5 Å². The Hall–Kier alpha value is -6.06. The summed E-state index contributed by atoms with van der Waals surface area (Å²) >= 11 is 0. The van der Waals surface area contributed by atoms with E-state index in [1.54, 1.807) is 0 Å². The van der Waals surface area contributed by atoms with Crippen LogP contribution in [-0.2, 0) is 5.41 Å². The molecule has 2 heterocycles. The molecule has 0 radical (unpaired) electrons. The fourth-order valence-electron chi connectivity index (χ4n) is 7.92. The summed E-state index contributed by atoms with van der Waals surface area (Å²) in [7, 11) is 0. The number of nitrogens with zero attached hydrogens (tertiary/aromatic N) is 1. The van der Waals surface area contributed by atoms with Crippen molar-refractivity contribution < 1.29 is 8.83 Å². The molecule has 2 aromatic heterocycles. The predicted octanol–water partition coefficient (Wildman–Crippen LogP) is 12.9. The molecule has 0 unspecified atom stereocenters. The standard InChI is InChI=1S/C45H31NO2/c1-45(2)37-14-8-6-12-33(37)34-22-20-31(26-38(34)45)46(30-18-16-29(17-19-30)28-10-4-3-5-11-28)32-21-23-36-42(27-32)48-41-25-24-40-43(44(36)41)35-13-7-9-15-39(35)47-40/h3-27H,1-2H3. The highest BCUT2D eigenvalue weighted by molar-refractivity contribution is 6.25. The van der Waals surface area contributed by atoms with Crippen LogP contribution in [0.5, 0.6) is 0 Å². The van der Waals surface area contributed by atoms with Crippen molar-refractivity contribution in [3.63, 3.8) is 0 Å². The molecule has 1 aliphatic carbocycles. The highest BCUT2D eigenvalue weighted by atomic mass is 16.3. The van der Waals surface area contributed by atoms with Gasteiger partial charge in [-0.1, -0.05) is 105 Å². The van der Waals surface area contributed by atoms with Gasteiger partial charge in [-0.15, -0.1) is 0 Å². The first-order valence-electron chi connectivity index (χ1n) is 16.5. The van der Waals surface area contributed by atoms with Gasteiger partial charge in [0.25, 0.3) is 0 Å². The lowest BCUT2D eigenvalue weighted by molar-refractivity contribution is 0.660. The maximum Gasteiger partial charge on any atom is 0.137 e. The maximum absolute atomic E-state index is 6.60. The zero-order valence-corrected chi connectivity index (χ0v) is 26.7. The van der Waals surface area contributed by atoms with E-state index in [0.29, 0.717) is 0 Å². The summed E-state index contributed by atoms with van der Waals surface area (Å²) in [6.07, 6.45) is 0. The van der Waals surface area contributed by atoms with Crippen molar-refractivity contribution in [2.45, 2.75) is 19.3 Å². The molecule has 0 atom stereocenters. The van der Waals surface area contributed by atoms with Gasteiger partial charge in [0.15, 0.2) is 0 Å². The number of fused-ring (bicyclic) bond motifs is 10. The average Bonchev–Trinajstić information content (AvgIpc) is 3.76. The molecular weight excluding hydrogens is 587 g/mol. The predicted molar refractivity (Wildman–Crippen MR) is 199 cm³/mol. The zero-order chi connectivity index (χ0) is 32.0. The van der Waals surface area contributed by atoms with Crippen molar-refractivity contribution in [2.24, 2.45) is 0 Å². The van der Waals surface area contributed by atoms with E-state index in [2.05, 4.69) is 146 Å². The molecule has 0 saturated carbocycles. The molecule has 0 N–H and O–H groups in total. The third-order valence-corrected chi connectivity index (χ3v) is 10.3. The van der Waals surface area contributed by atoms with Crippen molar-refractivity contribution in [3.05, 3.63) is 163 Å². The molecule has 0 saturated heterocycles. The van der Waals surface area contributed by atoms with Crippen LogP contribution in [0, 0.1) is 0 Å². The molecule has 3 heteroatoms. The van der Waals surface area contributed by atoms with Crippen LogP contribution in [0.2, 0.25) is 0 Å². The second-order valence-electron chi connectivity index (χ2n) is 13.3. The third-order valence-electron chi connectivity index (χ3n) is 10.3. The van der Waals surface area contributed by atoms with E-state index in [1.165, 1.54) is 33.4 Å². The number of benzene rings is 7. The SMILES string of the molecule is CC1(C)c2ccccc2-c2ccc(N(c3ccc(-c4ccccc4)cc3)c3ccc4c(c3)oc3ccc5oc6ccccc6c5c34)cc21. The first-order valence-corrected chi connectivity index (χ1v) is 16.5. The molecule has 48 heavy (non-hydrogen) atoms. The van der Waals surface area contributed by atoms with E-state index in [1.807, 2.05) is 24.3 Å². The van der Waals surface area contributed by atoms with E-state index in [-0.39, 0.29) is 5.41 Å². The summed E-state index contributed by atoms with van der Waals surface area (Å²) in [6.45, 7) is 4.67. The summed E-state index contributed by atoms with van der Waals surface area (Å²) in [5.41, 5.74) is 14.3. The minimum atomic E-state index is -0.105. The Balaban J connectivity index is 1.17. The molecule has 0 fully saturated rings. The summed E-state index contributed by atoms with van der Waals surface area (Å²) in [5, 5.41) is 4.38. The molecule has 0 amide bonds. The number of anilines is 3. The van der Waals surface area contributed by atoms with Crippen molar-refractivity contribution in [3.8, 4) is 22.3 Å². The van der Waals surface area contributed by atoms with E-state index < -0.39 is 0 Å². The molecule has 0 spiro atoms. The fourth-order valence-corrected chi connectivity index (χ4v) is 7.92. The first kappa shape index (κ1) is 27.1. The summed E-state index contributed by atoms with van der Waals surface area (Å²) in [5.74, 6) is 0. The van der Waals surface area contributed by atoms with Crippen molar-refractivity contribution in [2.75, 3.05) is 4.90 Å². The molecule has 0 bridgehead atoms. The smallest absolute Gasteiger partial charge is 0.137 e. The lowest BCUT2D eigenvalue weighted by Crippen LogP contribution is -2.16. The van der Waals surface area contributed by atoms with Crippen LogP contribution in [0.4, 0.5) is 17.1 Å². The Kier molecular flexibility index (Phi) is 5.63. The van der Waals surface area contributed by atoms with Crippen LogP contribution >= 0.6 is 0 Å². The van der Waals surface area contributed by atoms with E-state index in [4.69, 9.17) is 8.83 Å². The largest absolute Gasteiger partial charge is 0.456 e. The highest BCUT2D eigenvalue weighted by Gasteiger charge is 2.35. The summed E-state index contributed by atoms with van der Waals surface area (Å²) < 4.78 is 12.8. The first-order chi connectivity index (χ1) is 23.5. The third kappa shape index (κ3) is 3.88. The van der Waals surface area contributed by atoms with E-state index in [9.17, 15) is 0 Å². The Morgan fingerprint density at radius 2 is 1.00 bits per heavy atom. The Morgan fingerprint density at radius 3 is 1.81 bits per heavy atom. The lowest BCUT2D eigenvalue weighted by atomic mass is 9.82. The van der Waals surface area contributed by atoms with Gasteiger partial charge in [0, 0.05) is 50.1 Å². The molecule has 9 aromatic rings. The number of para-hydroxylation sites is 1. The van der Waals surface area contributed by atoms with Gasteiger partial charge < -0.3 is 13.7 Å². The second-order valence-corrected chi connectivity index (χ2v) is 13.3. The molecule has 10 rings (SSSR count). The lowest BCUT2D eigenvalue weighted by Gasteiger charge is -2.28. The molecule has 7 aromatic carbocycles.